The van der Waals surface area contributed by atoms with Crippen LogP contribution in [0, 0.1) is 5.92 Å². The second-order valence-electron chi connectivity index (χ2n) is 9.15. The normalized spacial score (nSPS) is 24.6. The van der Waals surface area contributed by atoms with Crippen molar-refractivity contribution >= 4 is 0 Å². The van der Waals surface area contributed by atoms with Crippen molar-refractivity contribution in [1.29, 1.82) is 0 Å². The number of rotatable bonds is 6. The zero-order chi connectivity index (χ0) is 20.5. The van der Waals surface area contributed by atoms with Gasteiger partial charge in [0.25, 0.3) is 0 Å². The van der Waals surface area contributed by atoms with E-state index < -0.39 is 0 Å². The highest BCUT2D eigenvalue weighted by Gasteiger charge is 2.45. The summed E-state index contributed by atoms with van der Waals surface area (Å²) < 4.78 is 5.40. The maximum atomic E-state index is 5.40. The van der Waals surface area contributed by atoms with Crippen LogP contribution in [-0.4, -0.2) is 25.6 Å². The Kier molecular flexibility index (Phi) is 5.35. The smallest absolute Gasteiger partial charge is 0.118 e. The predicted octanol–water partition coefficient (Wildman–Crippen LogP) is 6.20. The molecule has 0 spiro atoms. The van der Waals surface area contributed by atoms with Crippen molar-refractivity contribution in [3.63, 3.8) is 0 Å². The van der Waals surface area contributed by atoms with E-state index in [9.17, 15) is 0 Å². The molecule has 3 aliphatic rings. The van der Waals surface area contributed by atoms with Gasteiger partial charge >= 0.3 is 0 Å². The molecular formula is C28H31NO. The van der Waals surface area contributed by atoms with E-state index in [1.54, 1.807) is 18.2 Å². The molecule has 3 aliphatic carbocycles. The number of benzene rings is 3. The standard InChI is InChI=1S/C28H31NO/c1-29(18-20-8-4-3-5-9-20)19-23-16-22-17-27(21-12-14-24(30-2)15-13-21)28(23)26-11-7-6-10-25(22)26/h3-15,22-23,27-28H,16-19H2,1-2H3/t22-,23-,27-,28+/m0/s1. The van der Waals surface area contributed by atoms with Gasteiger partial charge in [-0.2, -0.15) is 0 Å². The van der Waals surface area contributed by atoms with Gasteiger partial charge in [0.15, 0.2) is 0 Å². The van der Waals surface area contributed by atoms with Crippen molar-refractivity contribution in [3.8, 4) is 5.75 Å². The molecule has 0 radical (unpaired) electrons. The Morgan fingerprint density at radius 1 is 0.833 bits per heavy atom. The number of hydrogen-bond acceptors (Lipinski definition) is 2. The third-order valence-corrected chi connectivity index (χ3v) is 7.25. The van der Waals surface area contributed by atoms with Crippen LogP contribution in [0.25, 0.3) is 0 Å². The second kappa shape index (κ2) is 8.28. The SMILES string of the molecule is COc1ccc([C@@H]2C[C@@H]3C[C@@H](CN(C)Cc4ccccc4)[C@@H]2c2ccccc23)cc1. The van der Waals surface area contributed by atoms with Gasteiger partial charge in [0.2, 0.25) is 0 Å². The van der Waals surface area contributed by atoms with Gasteiger partial charge in [-0.05, 0) is 77.9 Å². The van der Waals surface area contributed by atoms with E-state index >= 15 is 0 Å². The Labute approximate surface area is 180 Å². The largest absolute Gasteiger partial charge is 0.497 e. The summed E-state index contributed by atoms with van der Waals surface area (Å²) in [6, 6.07) is 28.9. The summed E-state index contributed by atoms with van der Waals surface area (Å²) in [6.07, 6.45) is 2.58. The Morgan fingerprint density at radius 2 is 1.53 bits per heavy atom. The summed E-state index contributed by atoms with van der Waals surface area (Å²) in [6.45, 7) is 2.17. The summed E-state index contributed by atoms with van der Waals surface area (Å²) in [4.78, 5) is 2.52. The second-order valence-corrected chi connectivity index (χ2v) is 9.15. The fourth-order valence-corrected chi connectivity index (χ4v) is 6.04. The molecule has 30 heavy (non-hydrogen) atoms. The molecule has 2 bridgehead atoms. The van der Waals surface area contributed by atoms with Gasteiger partial charge < -0.3 is 9.64 Å². The molecule has 4 atom stereocenters. The van der Waals surface area contributed by atoms with Crippen LogP contribution >= 0.6 is 0 Å². The molecule has 154 valence electrons. The van der Waals surface area contributed by atoms with Crippen LogP contribution < -0.4 is 4.74 Å². The van der Waals surface area contributed by atoms with Gasteiger partial charge in [0.05, 0.1) is 7.11 Å². The molecule has 3 aromatic carbocycles. The van der Waals surface area contributed by atoms with E-state index in [4.69, 9.17) is 4.74 Å². The average Bonchev–Trinajstić information content (AvgIpc) is 2.80. The zero-order valence-corrected chi connectivity index (χ0v) is 18.0. The lowest BCUT2D eigenvalue weighted by Gasteiger charge is -2.50. The molecule has 0 unspecified atom stereocenters. The minimum atomic E-state index is 0.595. The van der Waals surface area contributed by atoms with E-state index in [0.29, 0.717) is 23.7 Å². The third kappa shape index (κ3) is 3.65. The van der Waals surface area contributed by atoms with Crippen LogP contribution in [0.5, 0.6) is 5.75 Å². The summed E-state index contributed by atoms with van der Waals surface area (Å²) in [5, 5.41) is 0. The first-order valence-electron chi connectivity index (χ1n) is 11.2. The van der Waals surface area contributed by atoms with Crippen LogP contribution in [0.3, 0.4) is 0 Å². The topological polar surface area (TPSA) is 12.5 Å². The summed E-state index contributed by atoms with van der Waals surface area (Å²) in [7, 11) is 4.02. The predicted molar refractivity (Wildman–Crippen MR) is 123 cm³/mol. The molecule has 0 saturated heterocycles. The van der Waals surface area contributed by atoms with Crippen LogP contribution in [0.2, 0.25) is 0 Å². The Morgan fingerprint density at radius 3 is 2.27 bits per heavy atom. The minimum Gasteiger partial charge on any atom is -0.497 e. The maximum absolute atomic E-state index is 5.40. The van der Waals surface area contributed by atoms with E-state index in [-0.39, 0.29) is 0 Å². The van der Waals surface area contributed by atoms with Gasteiger partial charge in [-0.15, -0.1) is 0 Å². The van der Waals surface area contributed by atoms with Gasteiger partial charge in [-0.1, -0.05) is 66.7 Å². The highest BCUT2D eigenvalue weighted by atomic mass is 16.5. The lowest BCUT2D eigenvalue weighted by Crippen LogP contribution is -2.40. The van der Waals surface area contributed by atoms with E-state index in [0.717, 1.165) is 18.8 Å². The molecule has 2 heteroatoms. The molecule has 6 rings (SSSR count). The molecule has 0 heterocycles. The van der Waals surface area contributed by atoms with Gasteiger partial charge in [-0.3, -0.25) is 0 Å². The van der Waals surface area contributed by atoms with Crippen LogP contribution in [0.1, 0.15) is 52.8 Å². The van der Waals surface area contributed by atoms with Crippen molar-refractivity contribution in [3.05, 3.63) is 101 Å². The monoisotopic (exact) mass is 397 g/mol. The van der Waals surface area contributed by atoms with Crippen molar-refractivity contribution < 1.29 is 4.74 Å². The minimum absolute atomic E-state index is 0.595. The fraction of sp³-hybridized carbons (Fsp3) is 0.357. The van der Waals surface area contributed by atoms with Gasteiger partial charge in [-0.25, -0.2) is 0 Å². The summed E-state index contributed by atoms with van der Waals surface area (Å²) >= 11 is 0. The molecule has 0 aromatic heterocycles. The fourth-order valence-electron chi connectivity index (χ4n) is 6.04. The highest BCUT2D eigenvalue weighted by molar-refractivity contribution is 5.44. The van der Waals surface area contributed by atoms with E-state index in [2.05, 4.69) is 90.8 Å². The van der Waals surface area contributed by atoms with Crippen LogP contribution in [-0.2, 0) is 6.54 Å². The zero-order valence-electron chi connectivity index (χ0n) is 18.0. The molecule has 0 aliphatic heterocycles. The Bertz CT molecular complexity index is 981. The van der Waals surface area contributed by atoms with Gasteiger partial charge in [0, 0.05) is 13.1 Å². The Hall–Kier alpha value is -2.58. The van der Waals surface area contributed by atoms with E-state index in [1.807, 2.05) is 0 Å². The number of hydrogen-bond donors (Lipinski definition) is 0. The first-order chi connectivity index (χ1) is 14.7. The summed E-state index contributed by atoms with van der Waals surface area (Å²) in [5.74, 6) is 3.50. The molecule has 0 amide bonds. The van der Waals surface area contributed by atoms with Crippen LogP contribution in [0.4, 0.5) is 0 Å². The first kappa shape index (κ1) is 19.4. The lowest BCUT2D eigenvalue weighted by molar-refractivity contribution is 0.159. The van der Waals surface area contributed by atoms with Crippen molar-refractivity contribution in [1.82, 2.24) is 4.90 Å². The van der Waals surface area contributed by atoms with Crippen molar-refractivity contribution in [2.45, 2.75) is 37.1 Å². The van der Waals surface area contributed by atoms with Gasteiger partial charge in [0.1, 0.15) is 5.75 Å². The molecule has 3 aromatic rings. The molecule has 0 N–H and O–H groups in total. The third-order valence-electron chi connectivity index (χ3n) is 7.25. The molecule has 1 fully saturated rings. The Balaban J connectivity index is 1.42. The first-order valence-corrected chi connectivity index (χ1v) is 11.2. The van der Waals surface area contributed by atoms with Crippen LogP contribution in [0.15, 0.2) is 78.9 Å². The molecule has 1 saturated carbocycles. The number of nitrogens with zero attached hydrogens (tertiary/aromatic N) is 1. The lowest BCUT2D eigenvalue weighted by atomic mass is 9.55. The highest BCUT2D eigenvalue weighted by Crippen LogP contribution is 2.58. The number of ether oxygens (including phenoxy) is 1. The van der Waals surface area contributed by atoms with Crippen molar-refractivity contribution in [2.75, 3.05) is 20.7 Å². The van der Waals surface area contributed by atoms with E-state index in [1.165, 1.54) is 24.0 Å². The number of methoxy groups -OCH3 is 1. The molecule has 2 nitrogen and oxygen atoms in total. The number of fused-ring (bicyclic) bond motifs is 2. The van der Waals surface area contributed by atoms with Crippen molar-refractivity contribution in [2.24, 2.45) is 5.92 Å². The maximum Gasteiger partial charge on any atom is 0.118 e. The quantitative estimate of drug-likeness (QED) is 0.491. The molecular weight excluding hydrogens is 366 g/mol. The average molecular weight is 398 g/mol. The summed E-state index contributed by atoms with van der Waals surface area (Å²) in [5.41, 5.74) is 6.07.